The van der Waals surface area contributed by atoms with Gasteiger partial charge in [-0.3, -0.25) is 0 Å². The van der Waals surface area contributed by atoms with Gasteiger partial charge in [0.15, 0.2) is 0 Å². The molecule has 0 aliphatic heterocycles. The Kier molecular flexibility index (Phi) is 2.74. The number of rotatable bonds is 2. The Hall–Kier alpha value is -1.74. The maximum atomic E-state index is 5.74. The van der Waals surface area contributed by atoms with Gasteiger partial charge in [0.25, 0.3) is 0 Å². The summed E-state index contributed by atoms with van der Waals surface area (Å²) in [6.45, 7) is 0. The topological polar surface area (TPSA) is 52.0 Å². The number of benzene rings is 2. The first-order valence-electron chi connectivity index (χ1n) is 4.93. The summed E-state index contributed by atoms with van der Waals surface area (Å²) in [5.41, 5.74) is 13.2. The van der Waals surface area contributed by atoms with E-state index in [1.54, 1.807) is 0 Å². The van der Waals surface area contributed by atoms with Crippen LogP contribution in [-0.2, 0) is 0 Å². The summed E-state index contributed by atoms with van der Waals surface area (Å²) in [4.78, 5) is 0. The lowest BCUT2D eigenvalue weighted by Crippen LogP contribution is -2.27. The van der Waals surface area contributed by atoms with Crippen LogP contribution in [0.15, 0.2) is 48.5 Å². The molecule has 0 heterocycles. The third-order valence-corrected chi connectivity index (χ3v) is 4.01. The molecule has 15 heavy (non-hydrogen) atoms. The van der Waals surface area contributed by atoms with Crippen molar-refractivity contribution in [1.29, 1.82) is 0 Å². The van der Waals surface area contributed by atoms with E-state index in [1.807, 2.05) is 24.3 Å². The Labute approximate surface area is 91.7 Å². The Morgan fingerprint density at radius 3 is 1.60 bits per heavy atom. The molecule has 3 heteroatoms. The Balaban J connectivity index is 2.22. The van der Waals surface area contributed by atoms with Crippen LogP contribution in [0.3, 0.4) is 0 Å². The minimum Gasteiger partial charge on any atom is -0.399 e. The Morgan fingerprint density at radius 1 is 0.733 bits per heavy atom. The van der Waals surface area contributed by atoms with E-state index in [4.69, 9.17) is 11.5 Å². The third-order valence-electron chi connectivity index (χ3n) is 2.31. The van der Waals surface area contributed by atoms with Crippen molar-refractivity contribution in [2.75, 3.05) is 11.5 Å². The van der Waals surface area contributed by atoms with Crippen LogP contribution < -0.4 is 21.8 Å². The van der Waals surface area contributed by atoms with Crippen LogP contribution in [-0.4, -0.2) is 9.52 Å². The lowest BCUT2D eigenvalue weighted by atomic mass is 10.3. The second-order valence-corrected chi connectivity index (χ2v) is 5.65. The fourth-order valence-corrected chi connectivity index (χ4v) is 3.30. The molecule has 0 saturated carbocycles. The first kappa shape index (κ1) is 9.80. The smallest absolute Gasteiger partial charge is 0.0877 e. The first-order valence-corrected chi connectivity index (χ1v) is 6.34. The molecule has 2 rings (SSSR count). The van der Waals surface area contributed by atoms with Crippen LogP contribution in [0.5, 0.6) is 0 Å². The van der Waals surface area contributed by atoms with Gasteiger partial charge in [0.05, 0.1) is 9.52 Å². The molecular formula is C12H14N2Si. The molecule has 0 saturated heterocycles. The monoisotopic (exact) mass is 214 g/mol. The van der Waals surface area contributed by atoms with Gasteiger partial charge >= 0.3 is 0 Å². The number of anilines is 2. The molecule has 0 aromatic heterocycles. The molecule has 0 fully saturated rings. The van der Waals surface area contributed by atoms with Gasteiger partial charge in [0, 0.05) is 11.4 Å². The Bertz CT molecular complexity index is 425. The molecule has 76 valence electrons. The second kappa shape index (κ2) is 4.19. The maximum Gasteiger partial charge on any atom is 0.0877 e. The zero-order chi connectivity index (χ0) is 10.7. The van der Waals surface area contributed by atoms with Gasteiger partial charge in [-0.2, -0.15) is 0 Å². The third kappa shape index (κ3) is 2.60. The molecular weight excluding hydrogens is 200 g/mol. The van der Waals surface area contributed by atoms with Gasteiger partial charge in [0.1, 0.15) is 0 Å². The van der Waals surface area contributed by atoms with Gasteiger partial charge in [-0.15, -0.1) is 0 Å². The van der Waals surface area contributed by atoms with Crippen LogP contribution in [0.4, 0.5) is 11.4 Å². The van der Waals surface area contributed by atoms with Crippen molar-refractivity contribution in [3.05, 3.63) is 48.5 Å². The fraction of sp³-hybridized carbons (Fsp3) is 0. The zero-order valence-corrected chi connectivity index (χ0v) is 9.89. The van der Waals surface area contributed by atoms with Gasteiger partial charge < -0.3 is 11.5 Å². The lowest BCUT2D eigenvalue weighted by molar-refractivity contribution is 1.71. The van der Waals surface area contributed by atoms with Gasteiger partial charge in [-0.05, 0) is 24.3 Å². The molecule has 2 nitrogen and oxygen atoms in total. The predicted molar refractivity (Wildman–Crippen MR) is 69.5 cm³/mol. The predicted octanol–water partition coefficient (Wildman–Crippen LogP) is -0.0294. The standard InChI is InChI=1S/C12H14N2Si/c13-9-3-1-5-11(7-9)15-12-6-2-4-10(14)8-12/h1-8H,13-15H2. The highest BCUT2D eigenvalue weighted by Gasteiger charge is 1.98. The summed E-state index contributed by atoms with van der Waals surface area (Å²) in [6.07, 6.45) is 0. The van der Waals surface area contributed by atoms with Crippen LogP contribution in [0.2, 0.25) is 0 Å². The van der Waals surface area contributed by atoms with Gasteiger partial charge in [-0.25, -0.2) is 0 Å². The van der Waals surface area contributed by atoms with E-state index in [0.29, 0.717) is 0 Å². The van der Waals surface area contributed by atoms with E-state index in [0.717, 1.165) is 11.4 Å². The highest BCUT2D eigenvalue weighted by molar-refractivity contribution is 6.67. The van der Waals surface area contributed by atoms with Crippen LogP contribution in [0.25, 0.3) is 0 Å². The van der Waals surface area contributed by atoms with E-state index in [2.05, 4.69) is 24.3 Å². The molecule has 2 aromatic rings. The van der Waals surface area contributed by atoms with E-state index in [-0.39, 0.29) is 0 Å². The summed E-state index contributed by atoms with van der Waals surface area (Å²) in [5, 5.41) is 2.70. The van der Waals surface area contributed by atoms with E-state index >= 15 is 0 Å². The van der Waals surface area contributed by atoms with Crippen LogP contribution >= 0.6 is 0 Å². The average molecular weight is 214 g/mol. The van der Waals surface area contributed by atoms with Crippen molar-refractivity contribution in [2.24, 2.45) is 0 Å². The number of nitrogens with two attached hydrogens (primary N) is 2. The van der Waals surface area contributed by atoms with Gasteiger partial charge in [-0.1, -0.05) is 34.6 Å². The minimum atomic E-state index is -0.437. The lowest BCUT2D eigenvalue weighted by Gasteiger charge is -2.03. The number of hydrogen-bond donors (Lipinski definition) is 2. The van der Waals surface area contributed by atoms with Crippen LogP contribution in [0, 0.1) is 0 Å². The Morgan fingerprint density at radius 2 is 1.20 bits per heavy atom. The van der Waals surface area contributed by atoms with Crippen molar-refractivity contribution in [3.8, 4) is 0 Å². The summed E-state index contributed by atoms with van der Waals surface area (Å²) >= 11 is 0. The van der Waals surface area contributed by atoms with E-state index in [9.17, 15) is 0 Å². The molecule has 0 radical (unpaired) electrons. The summed E-state index contributed by atoms with van der Waals surface area (Å²) < 4.78 is 0. The molecule has 0 spiro atoms. The molecule has 2 aromatic carbocycles. The van der Waals surface area contributed by atoms with Crippen molar-refractivity contribution >= 4 is 31.3 Å². The average Bonchev–Trinajstić information content (AvgIpc) is 2.17. The minimum absolute atomic E-state index is 0.437. The van der Waals surface area contributed by atoms with Crippen molar-refractivity contribution in [2.45, 2.75) is 0 Å². The number of hydrogen-bond acceptors (Lipinski definition) is 2. The van der Waals surface area contributed by atoms with Crippen LogP contribution in [0.1, 0.15) is 0 Å². The molecule has 0 aliphatic rings. The largest absolute Gasteiger partial charge is 0.399 e. The maximum absolute atomic E-state index is 5.74. The van der Waals surface area contributed by atoms with Gasteiger partial charge in [0.2, 0.25) is 0 Å². The molecule has 0 unspecified atom stereocenters. The normalized spacial score (nSPS) is 10.1. The van der Waals surface area contributed by atoms with Crippen molar-refractivity contribution in [1.82, 2.24) is 0 Å². The van der Waals surface area contributed by atoms with Crippen molar-refractivity contribution < 1.29 is 0 Å². The number of nitrogen functional groups attached to an aromatic ring is 2. The molecule has 0 aliphatic carbocycles. The first-order chi connectivity index (χ1) is 7.24. The van der Waals surface area contributed by atoms with Crippen molar-refractivity contribution in [3.63, 3.8) is 0 Å². The molecule has 0 bridgehead atoms. The highest BCUT2D eigenvalue weighted by atomic mass is 28.2. The molecule has 0 amide bonds. The van der Waals surface area contributed by atoms with E-state index < -0.39 is 9.52 Å². The van der Waals surface area contributed by atoms with E-state index in [1.165, 1.54) is 10.4 Å². The molecule has 4 N–H and O–H groups in total. The summed E-state index contributed by atoms with van der Waals surface area (Å²) in [7, 11) is -0.437. The second-order valence-electron chi connectivity index (χ2n) is 3.67. The SMILES string of the molecule is Nc1cccc([SiH2]c2cccc(N)c2)c1. The highest BCUT2D eigenvalue weighted by Crippen LogP contribution is 1.98. The fourth-order valence-electron chi connectivity index (χ4n) is 1.64. The summed E-state index contributed by atoms with van der Waals surface area (Å²) in [5.74, 6) is 0. The zero-order valence-electron chi connectivity index (χ0n) is 8.48. The quantitative estimate of drug-likeness (QED) is 0.545. The summed E-state index contributed by atoms with van der Waals surface area (Å²) in [6, 6.07) is 16.2. The molecule has 0 atom stereocenters.